The first-order valence-electron chi connectivity index (χ1n) is 7.07. The fourth-order valence-electron chi connectivity index (χ4n) is 3.83. The maximum atomic E-state index is 12.1. The second-order valence-corrected chi connectivity index (χ2v) is 8.16. The molecule has 2 aliphatic rings. The summed E-state index contributed by atoms with van der Waals surface area (Å²) in [5.41, 5.74) is 1.25. The van der Waals surface area contributed by atoms with Crippen molar-refractivity contribution in [2.45, 2.75) is 25.2 Å². The number of rotatable bonds is 1. The van der Waals surface area contributed by atoms with Crippen LogP contribution in [-0.4, -0.2) is 33.0 Å². The molecule has 0 aliphatic carbocycles. The van der Waals surface area contributed by atoms with Gasteiger partial charge < -0.3 is 5.32 Å². The third-order valence-electron chi connectivity index (χ3n) is 4.73. The van der Waals surface area contributed by atoms with Crippen LogP contribution in [0.15, 0.2) is 30.3 Å². The maximum Gasteiger partial charge on any atom is 0.150 e. The Morgan fingerprint density at radius 1 is 1.16 bits per heavy atom. The highest BCUT2D eigenvalue weighted by Crippen LogP contribution is 2.47. The molecule has 19 heavy (non-hydrogen) atoms. The number of sulfone groups is 1. The van der Waals surface area contributed by atoms with Crippen molar-refractivity contribution in [1.29, 1.82) is 0 Å². The van der Waals surface area contributed by atoms with Crippen LogP contribution in [0.1, 0.15) is 30.7 Å². The van der Waals surface area contributed by atoms with Crippen LogP contribution in [0.2, 0.25) is 0 Å². The lowest BCUT2D eigenvalue weighted by atomic mass is 9.66. The Balaban J connectivity index is 1.97. The second kappa shape index (κ2) is 4.91. The van der Waals surface area contributed by atoms with Crippen LogP contribution in [0.25, 0.3) is 0 Å². The van der Waals surface area contributed by atoms with Gasteiger partial charge in [0.2, 0.25) is 0 Å². The molecule has 4 heteroatoms. The lowest BCUT2D eigenvalue weighted by molar-refractivity contribution is 0.168. The van der Waals surface area contributed by atoms with Gasteiger partial charge in [-0.2, -0.15) is 0 Å². The van der Waals surface area contributed by atoms with Crippen LogP contribution in [0.3, 0.4) is 0 Å². The zero-order chi connectivity index (χ0) is 13.3. The minimum absolute atomic E-state index is 0.0380. The summed E-state index contributed by atoms with van der Waals surface area (Å²) in [6.07, 6.45) is 2.85. The van der Waals surface area contributed by atoms with Crippen molar-refractivity contribution < 1.29 is 8.42 Å². The molecule has 3 rings (SSSR count). The van der Waals surface area contributed by atoms with E-state index in [0.29, 0.717) is 17.4 Å². The van der Waals surface area contributed by atoms with E-state index in [0.717, 1.165) is 32.4 Å². The lowest BCUT2D eigenvalue weighted by Crippen LogP contribution is -2.49. The molecule has 2 aliphatic heterocycles. The van der Waals surface area contributed by atoms with E-state index >= 15 is 0 Å². The summed E-state index contributed by atoms with van der Waals surface area (Å²) in [5, 5.41) is 3.44. The van der Waals surface area contributed by atoms with E-state index in [4.69, 9.17) is 0 Å². The highest BCUT2D eigenvalue weighted by atomic mass is 32.2. The molecule has 1 aromatic rings. The molecular weight excluding hydrogens is 258 g/mol. The van der Waals surface area contributed by atoms with E-state index in [1.54, 1.807) is 0 Å². The Morgan fingerprint density at radius 2 is 1.95 bits per heavy atom. The molecule has 0 saturated carbocycles. The van der Waals surface area contributed by atoms with E-state index in [2.05, 4.69) is 29.6 Å². The Labute approximate surface area is 115 Å². The first-order chi connectivity index (χ1) is 9.11. The zero-order valence-electron chi connectivity index (χ0n) is 11.1. The maximum absolute atomic E-state index is 12.1. The standard InChI is InChI=1S/C15H21NO2S/c17-19(18)10-4-7-15(12-19)8-9-16-11-14(15)13-5-2-1-3-6-13/h1-3,5-6,14,16H,4,7-12H2. The Kier molecular flexibility index (Phi) is 3.39. The summed E-state index contributed by atoms with van der Waals surface area (Å²) in [5.74, 6) is 1.09. The van der Waals surface area contributed by atoms with Crippen molar-refractivity contribution in [2.75, 3.05) is 24.6 Å². The zero-order valence-corrected chi connectivity index (χ0v) is 12.0. The van der Waals surface area contributed by atoms with Crippen LogP contribution in [0.4, 0.5) is 0 Å². The molecule has 1 aromatic carbocycles. The van der Waals surface area contributed by atoms with E-state index in [1.165, 1.54) is 5.56 Å². The number of hydrogen-bond acceptors (Lipinski definition) is 3. The Bertz CT molecular complexity index is 537. The average Bonchev–Trinajstić information content (AvgIpc) is 2.39. The second-order valence-electron chi connectivity index (χ2n) is 5.98. The molecule has 2 heterocycles. The van der Waals surface area contributed by atoms with Gasteiger partial charge in [-0.05, 0) is 36.8 Å². The molecule has 2 fully saturated rings. The minimum Gasteiger partial charge on any atom is -0.316 e. The highest BCUT2D eigenvalue weighted by molar-refractivity contribution is 7.91. The van der Waals surface area contributed by atoms with Gasteiger partial charge in [0.1, 0.15) is 0 Å². The van der Waals surface area contributed by atoms with Gasteiger partial charge in [0.15, 0.2) is 9.84 Å². The third kappa shape index (κ3) is 2.56. The number of hydrogen-bond donors (Lipinski definition) is 1. The van der Waals surface area contributed by atoms with Crippen LogP contribution < -0.4 is 5.32 Å². The van der Waals surface area contributed by atoms with Gasteiger partial charge in [-0.15, -0.1) is 0 Å². The van der Waals surface area contributed by atoms with Crippen molar-refractivity contribution in [3.8, 4) is 0 Å². The smallest absolute Gasteiger partial charge is 0.150 e. The third-order valence-corrected chi connectivity index (χ3v) is 6.65. The predicted molar refractivity (Wildman–Crippen MR) is 77.0 cm³/mol. The molecule has 1 spiro atoms. The Morgan fingerprint density at radius 3 is 2.68 bits per heavy atom. The van der Waals surface area contributed by atoms with Crippen LogP contribution in [0.5, 0.6) is 0 Å². The van der Waals surface area contributed by atoms with Crippen LogP contribution in [0, 0.1) is 5.41 Å². The van der Waals surface area contributed by atoms with Gasteiger partial charge in [0, 0.05) is 12.5 Å². The summed E-state index contributed by atoms with van der Waals surface area (Å²) in [4.78, 5) is 0. The van der Waals surface area contributed by atoms with Gasteiger partial charge in [0.25, 0.3) is 0 Å². The summed E-state index contributed by atoms with van der Waals surface area (Å²) in [7, 11) is -2.86. The molecular formula is C15H21NO2S. The molecule has 3 nitrogen and oxygen atoms in total. The van der Waals surface area contributed by atoms with Crippen molar-refractivity contribution in [1.82, 2.24) is 5.32 Å². The largest absolute Gasteiger partial charge is 0.316 e. The van der Waals surface area contributed by atoms with E-state index in [1.807, 2.05) is 6.07 Å². The SMILES string of the molecule is O=S1(=O)CCCC2(CCNCC2c2ccccc2)C1. The first-order valence-corrected chi connectivity index (χ1v) is 8.90. The van der Waals surface area contributed by atoms with Crippen molar-refractivity contribution >= 4 is 9.84 Å². The summed E-state index contributed by atoms with van der Waals surface area (Å²) in [6.45, 7) is 1.85. The highest BCUT2D eigenvalue weighted by Gasteiger charge is 2.46. The van der Waals surface area contributed by atoms with Gasteiger partial charge in [0.05, 0.1) is 11.5 Å². The topological polar surface area (TPSA) is 46.2 Å². The summed E-state index contributed by atoms with van der Waals surface area (Å²) in [6, 6.07) is 10.4. The molecule has 0 amide bonds. The molecule has 1 N–H and O–H groups in total. The molecule has 0 radical (unpaired) electrons. The average molecular weight is 279 g/mol. The predicted octanol–water partition coefficient (Wildman–Crippen LogP) is 1.96. The molecule has 2 unspecified atom stereocenters. The van der Waals surface area contributed by atoms with Gasteiger partial charge in [-0.25, -0.2) is 8.42 Å². The van der Waals surface area contributed by atoms with Gasteiger partial charge in [-0.1, -0.05) is 30.3 Å². The summed E-state index contributed by atoms with van der Waals surface area (Å²) < 4.78 is 24.2. The molecule has 2 saturated heterocycles. The molecule has 0 bridgehead atoms. The fourth-order valence-corrected chi connectivity index (χ4v) is 5.92. The minimum atomic E-state index is -2.86. The fraction of sp³-hybridized carbons (Fsp3) is 0.600. The normalized spacial score (nSPS) is 34.2. The van der Waals surface area contributed by atoms with Gasteiger partial charge in [-0.3, -0.25) is 0 Å². The van der Waals surface area contributed by atoms with Crippen molar-refractivity contribution in [3.05, 3.63) is 35.9 Å². The van der Waals surface area contributed by atoms with E-state index in [-0.39, 0.29) is 5.41 Å². The number of nitrogens with one attached hydrogen (secondary N) is 1. The number of piperidine rings is 1. The molecule has 0 aromatic heterocycles. The monoisotopic (exact) mass is 279 g/mol. The van der Waals surface area contributed by atoms with Gasteiger partial charge >= 0.3 is 0 Å². The summed E-state index contributed by atoms with van der Waals surface area (Å²) >= 11 is 0. The van der Waals surface area contributed by atoms with E-state index in [9.17, 15) is 8.42 Å². The van der Waals surface area contributed by atoms with Crippen LogP contribution >= 0.6 is 0 Å². The molecule has 104 valence electrons. The number of benzene rings is 1. The molecule has 2 atom stereocenters. The van der Waals surface area contributed by atoms with Crippen molar-refractivity contribution in [2.24, 2.45) is 5.41 Å². The quantitative estimate of drug-likeness (QED) is 0.855. The van der Waals surface area contributed by atoms with Crippen LogP contribution in [-0.2, 0) is 9.84 Å². The lowest BCUT2D eigenvalue weighted by Gasteiger charge is -2.47. The Hall–Kier alpha value is -0.870. The first kappa shape index (κ1) is 13.1. The van der Waals surface area contributed by atoms with E-state index < -0.39 is 9.84 Å². The van der Waals surface area contributed by atoms with Crippen molar-refractivity contribution in [3.63, 3.8) is 0 Å².